The van der Waals surface area contributed by atoms with Crippen molar-refractivity contribution in [1.29, 1.82) is 0 Å². The summed E-state index contributed by atoms with van der Waals surface area (Å²) in [6.45, 7) is 10.0. The summed E-state index contributed by atoms with van der Waals surface area (Å²) in [7, 11) is 0. The van der Waals surface area contributed by atoms with Crippen molar-refractivity contribution in [2.75, 3.05) is 13.1 Å². The smallest absolute Gasteiger partial charge is 0.317 e. The van der Waals surface area contributed by atoms with Crippen LogP contribution in [0.3, 0.4) is 0 Å². The quantitative estimate of drug-likeness (QED) is 0.860. The maximum Gasteiger partial charge on any atom is 0.349 e. The summed E-state index contributed by atoms with van der Waals surface area (Å²) >= 11 is 0. The van der Waals surface area contributed by atoms with Crippen molar-refractivity contribution < 1.29 is 14.3 Å². The molecule has 1 unspecified atom stereocenters. The number of carbonyl (C=O) groups is 1. The fourth-order valence-electron chi connectivity index (χ4n) is 3.82. The highest BCUT2D eigenvalue weighted by Gasteiger charge is 2.44. The number of carbonyl (C=O) groups excluding carboxylic acids is 1. The topological polar surface area (TPSA) is 38.3 Å². The molecule has 1 aliphatic carbocycles. The van der Waals surface area contributed by atoms with E-state index in [2.05, 4.69) is 28.5 Å². The Labute approximate surface area is 139 Å². The summed E-state index contributed by atoms with van der Waals surface area (Å²) in [5.41, 5.74) is 2.73. The van der Waals surface area contributed by atoms with E-state index in [9.17, 15) is 9.32 Å². The Morgan fingerprint density at radius 1 is 1.22 bits per heavy atom. The molecule has 1 saturated heterocycles. The molecular formula is C19H30FNO2. The summed E-state index contributed by atoms with van der Waals surface area (Å²) in [5.74, 6) is -0.664. The monoisotopic (exact) mass is 323 g/mol. The van der Waals surface area contributed by atoms with Crippen LogP contribution in [0.5, 0.6) is 0 Å². The average Bonchev–Trinajstić information content (AvgIpc) is 2.92. The van der Waals surface area contributed by atoms with Crippen molar-refractivity contribution in [3.05, 3.63) is 35.4 Å². The zero-order valence-electron chi connectivity index (χ0n) is 14.8. The minimum atomic E-state index is -0.759. The first kappa shape index (κ1) is 19.6. The molecule has 1 spiro atoms. The van der Waals surface area contributed by atoms with Gasteiger partial charge in [0, 0.05) is 4.53 Å². The van der Waals surface area contributed by atoms with Gasteiger partial charge in [-0.2, -0.15) is 0 Å². The molecule has 1 atom stereocenters. The molecular weight excluding hydrogens is 293 g/mol. The van der Waals surface area contributed by atoms with Gasteiger partial charge in [0.25, 0.3) is 0 Å². The third-order valence-corrected chi connectivity index (χ3v) is 4.67. The van der Waals surface area contributed by atoms with Gasteiger partial charge in [0.1, 0.15) is 0 Å². The minimum absolute atomic E-state index is 0.0950. The van der Waals surface area contributed by atoms with E-state index in [1.165, 1.54) is 11.1 Å². The first-order valence-electron chi connectivity index (χ1n) is 8.87. The highest BCUT2D eigenvalue weighted by Crippen LogP contribution is 2.51. The lowest BCUT2D eigenvalue weighted by molar-refractivity contribution is -0.184. The number of fused-ring (bicyclic) bond motifs is 2. The normalized spacial score (nSPS) is 20.5. The molecule has 130 valence electrons. The summed E-state index contributed by atoms with van der Waals surface area (Å²) < 4.78 is 12.0. The molecule has 1 aliphatic heterocycles. The first-order chi connectivity index (χ1) is 11.2. The van der Waals surface area contributed by atoms with E-state index >= 15 is 0 Å². The molecule has 0 radical (unpaired) electrons. The summed E-state index contributed by atoms with van der Waals surface area (Å²) in [4.78, 5) is 14.6. The third-order valence-electron chi connectivity index (χ3n) is 4.67. The van der Waals surface area contributed by atoms with Crippen LogP contribution in [0.25, 0.3) is 0 Å². The molecule has 1 aromatic rings. The van der Waals surface area contributed by atoms with E-state index in [1.807, 2.05) is 33.8 Å². The van der Waals surface area contributed by atoms with Gasteiger partial charge in [-0.1, -0.05) is 52.0 Å². The SMILES string of the molecule is CC.CC.O=C(CC1CC2(CCNCC2)c2ccccc21)OF. The van der Waals surface area contributed by atoms with Crippen molar-refractivity contribution in [1.82, 2.24) is 5.32 Å². The van der Waals surface area contributed by atoms with Gasteiger partial charge in [-0.15, -0.1) is 0 Å². The second-order valence-corrected chi connectivity index (χ2v) is 5.67. The Kier molecular flexibility index (Phi) is 8.24. The predicted octanol–water partition coefficient (Wildman–Crippen LogP) is 4.67. The lowest BCUT2D eigenvalue weighted by Crippen LogP contribution is -2.38. The number of piperidine rings is 1. The van der Waals surface area contributed by atoms with Crippen molar-refractivity contribution in [3.8, 4) is 0 Å². The van der Waals surface area contributed by atoms with Crippen LogP contribution in [0.1, 0.15) is 70.4 Å². The van der Waals surface area contributed by atoms with Crippen molar-refractivity contribution in [3.63, 3.8) is 0 Å². The van der Waals surface area contributed by atoms with Crippen LogP contribution in [-0.4, -0.2) is 19.1 Å². The average molecular weight is 323 g/mol. The zero-order chi connectivity index (χ0) is 17.3. The number of halogens is 1. The molecule has 0 bridgehead atoms. The lowest BCUT2D eigenvalue weighted by Gasteiger charge is -2.35. The molecule has 4 heteroatoms. The summed E-state index contributed by atoms with van der Waals surface area (Å²) in [6, 6.07) is 8.29. The van der Waals surface area contributed by atoms with E-state index < -0.39 is 5.97 Å². The molecule has 2 aliphatic rings. The van der Waals surface area contributed by atoms with Crippen molar-refractivity contribution >= 4 is 5.97 Å². The van der Waals surface area contributed by atoms with Gasteiger partial charge < -0.3 is 5.32 Å². The number of benzene rings is 1. The number of hydrogen-bond acceptors (Lipinski definition) is 3. The fraction of sp³-hybridized carbons (Fsp3) is 0.632. The van der Waals surface area contributed by atoms with Crippen LogP contribution in [-0.2, 0) is 15.2 Å². The van der Waals surface area contributed by atoms with Gasteiger partial charge >= 0.3 is 5.97 Å². The summed E-state index contributed by atoms with van der Waals surface area (Å²) in [5, 5.41) is 3.38. The highest BCUT2D eigenvalue weighted by molar-refractivity contribution is 5.70. The van der Waals surface area contributed by atoms with Crippen molar-refractivity contribution in [2.45, 2.75) is 64.7 Å². The largest absolute Gasteiger partial charge is 0.349 e. The Hall–Kier alpha value is -1.42. The zero-order valence-corrected chi connectivity index (χ0v) is 14.8. The second-order valence-electron chi connectivity index (χ2n) is 5.67. The van der Waals surface area contributed by atoms with Crippen molar-refractivity contribution in [2.24, 2.45) is 0 Å². The Balaban J connectivity index is 0.000000615. The molecule has 1 aromatic carbocycles. The molecule has 1 heterocycles. The van der Waals surface area contributed by atoms with Crippen LogP contribution < -0.4 is 5.32 Å². The van der Waals surface area contributed by atoms with Gasteiger partial charge in [0.2, 0.25) is 0 Å². The number of hydrogen-bond donors (Lipinski definition) is 1. The molecule has 1 fully saturated rings. The van der Waals surface area contributed by atoms with Gasteiger partial charge in [0.05, 0.1) is 6.42 Å². The van der Waals surface area contributed by atoms with Gasteiger partial charge in [-0.05, 0) is 54.8 Å². The Bertz CT molecular complexity index is 484. The Morgan fingerprint density at radius 3 is 2.43 bits per heavy atom. The first-order valence-corrected chi connectivity index (χ1v) is 8.87. The maximum absolute atomic E-state index is 12.0. The highest BCUT2D eigenvalue weighted by atomic mass is 19.3. The van der Waals surface area contributed by atoms with Crippen LogP contribution in [0.2, 0.25) is 0 Å². The molecule has 1 N–H and O–H groups in total. The number of nitrogens with one attached hydrogen (secondary N) is 1. The van der Waals surface area contributed by atoms with Crippen LogP contribution in [0.4, 0.5) is 4.53 Å². The third kappa shape index (κ3) is 4.31. The molecule has 3 rings (SSSR count). The maximum atomic E-state index is 12.0. The van der Waals surface area contributed by atoms with E-state index in [0.717, 1.165) is 32.4 Å². The predicted molar refractivity (Wildman–Crippen MR) is 92.1 cm³/mol. The van der Waals surface area contributed by atoms with Gasteiger partial charge in [-0.25, -0.2) is 4.79 Å². The van der Waals surface area contributed by atoms with E-state index in [0.29, 0.717) is 0 Å². The van der Waals surface area contributed by atoms with Gasteiger partial charge in [-0.3, -0.25) is 4.94 Å². The number of rotatable bonds is 2. The standard InChI is InChI=1S/C15H18FNO2.2C2H6/c16-19-14(18)9-11-10-15(5-7-17-8-6-15)13-4-2-1-3-12(11)13;2*1-2/h1-4,11,17H,5-10H2;2*1-2H3. The summed E-state index contributed by atoms with van der Waals surface area (Å²) in [6.07, 6.45) is 3.25. The van der Waals surface area contributed by atoms with Gasteiger partial charge in [0.15, 0.2) is 0 Å². The lowest BCUT2D eigenvalue weighted by atomic mass is 9.74. The second kappa shape index (κ2) is 9.66. The molecule has 23 heavy (non-hydrogen) atoms. The Morgan fingerprint density at radius 2 is 1.83 bits per heavy atom. The molecule has 0 aromatic heterocycles. The minimum Gasteiger partial charge on any atom is -0.317 e. The fourth-order valence-corrected chi connectivity index (χ4v) is 3.82. The van der Waals surface area contributed by atoms with Crippen LogP contribution in [0.15, 0.2) is 24.3 Å². The molecule has 0 saturated carbocycles. The molecule has 0 amide bonds. The van der Waals surface area contributed by atoms with Crippen LogP contribution in [0, 0.1) is 0 Å². The van der Waals surface area contributed by atoms with E-state index in [-0.39, 0.29) is 17.8 Å². The molecule has 3 nitrogen and oxygen atoms in total. The van der Waals surface area contributed by atoms with Crippen LogP contribution >= 0.6 is 0 Å². The van der Waals surface area contributed by atoms with E-state index in [4.69, 9.17) is 0 Å². The van der Waals surface area contributed by atoms with E-state index in [1.54, 1.807) is 0 Å².